The van der Waals surface area contributed by atoms with Crippen molar-refractivity contribution in [3.8, 4) is 11.1 Å². The summed E-state index contributed by atoms with van der Waals surface area (Å²) in [7, 11) is -0.307. The van der Waals surface area contributed by atoms with E-state index in [0.717, 1.165) is 135 Å². The second-order valence-electron chi connectivity index (χ2n) is 27.0. The molecule has 0 aliphatic carbocycles. The molecule has 5 aliphatic heterocycles. The third-order valence-corrected chi connectivity index (χ3v) is 17.3. The molecule has 7 aromatic rings. The van der Waals surface area contributed by atoms with Gasteiger partial charge in [-0.15, -0.1) is 5.10 Å². The van der Waals surface area contributed by atoms with Gasteiger partial charge in [0.2, 0.25) is 0 Å². The van der Waals surface area contributed by atoms with Gasteiger partial charge in [-0.05, 0) is 163 Å². The van der Waals surface area contributed by atoms with Crippen molar-refractivity contribution in [2.45, 2.75) is 132 Å². The van der Waals surface area contributed by atoms with Gasteiger partial charge >= 0.3 is 64.4 Å². The zero-order chi connectivity index (χ0) is 61.0. The minimum atomic E-state index is -4.13. The second-order valence-corrected chi connectivity index (χ2v) is 27.0. The van der Waals surface area contributed by atoms with Gasteiger partial charge in [-0.2, -0.15) is 8.78 Å². The first-order chi connectivity index (χ1) is 40.7. The molecule has 5 aromatic carbocycles. The number of rotatable bonds is 13. The van der Waals surface area contributed by atoms with E-state index in [1.807, 2.05) is 24.3 Å². The number of nitrogens with zero attached hydrogens (tertiary/aromatic N) is 11. The molecular weight excluding hydrogens is 1140 g/mol. The fourth-order valence-electron chi connectivity index (χ4n) is 12.1. The minimum Gasteiger partial charge on any atom is -1.00 e. The number of halogens is 4. The smallest absolute Gasteiger partial charge is 1.00 e. The SMILES string of the molecule is C.CC(C)(C)CC1=Nc2ccc(N3CCN(c4ccc(-c5ccc(C(F)(F)[C@](O)(Cn6cnnn6)c6ccc(F)cc6F)nc5)cc4)CC3)cc2C1.CC(C)(C)CC1=Nc2ccc(N3CCN(c4ccc(B5OC(C)(C)C(C)(C)O5)cc4)CC3)cc2C1.[H-].[K+]. The summed E-state index contributed by atoms with van der Waals surface area (Å²) in [4.78, 5) is 23.5. The van der Waals surface area contributed by atoms with Crippen molar-refractivity contribution in [2.24, 2.45) is 20.8 Å². The van der Waals surface area contributed by atoms with Gasteiger partial charge in [-0.3, -0.25) is 15.0 Å². The number of alkyl halides is 2. The van der Waals surface area contributed by atoms with Gasteiger partial charge in [0.25, 0.3) is 0 Å². The average molecular weight is 1230 g/mol. The number of hydrogen-bond acceptors (Lipinski definition) is 13. The van der Waals surface area contributed by atoms with Crippen LogP contribution in [0.3, 0.4) is 0 Å². The Labute approximate surface area is 560 Å². The molecular formula is C68H83BF4KN11O3. The molecule has 14 nitrogen and oxygen atoms in total. The van der Waals surface area contributed by atoms with Crippen LogP contribution in [0.5, 0.6) is 0 Å². The molecule has 3 saturated heterocycles. The van der Waals surface area contributed by atoms with Crippen molar-refractivity contribution in [2.75, 3.05) is 72.0 Å². The Hall–Kier alpha value is -5.84. The van der Waals surface area contributed by atoms with Gasteiger partial charge in [0.15, 0.2) is 5.60 Å². The van der Waals surface area contributed by atoms with E-state index in [0.29, 0.717) is 11.6 Å². The van der Waals surface area contributed by atoms with E-state index in [1.54, 1.807) is 0 Å². The van der Waals surface area contributed by atoms with E-state index in [9.17, 15) is 13.9 Å². The van der Waals surface area contributed by atoms with Crippen LogP contribution < -0.4 is 76.4 Å². The molecule has 0 bridgehead atoms. The summed E-state index contributed by atoms with van der Waals surface area (Å²) in [6, 6.07) is 34.5. The maximum atomic E-state index is 16.2. The Bertz CT molecular complexity index is 3610. The zero-order valence-corrected chi connectivity index (χ0v) is 55.2. The summed E-state index contributed by atoms with van der Waals surface area (Å²) in [5.74, 6) is -6.45. The summed E-state index contributed by atoms with van der Waals surface area (Å²) in [6.07, 6.45) is 6.24. The number of anilines is 4. The summed E-state index contributed by atoms with van der Waals surface area (Å²) in [6.45, 7) is 28.5. The summed E-state index contributed by atoms with van der Waals surface area (Å²) < 4.78 is 74.1. The van der Waals surface area contributed by atoms with Crippen LogP contribution in [0.25, 0.3) is 11.1 Å². The van der Waals surface area contributed by atoms with Crippen LogP contribution in [0.2, 0.25) is 0 Å². The third kappa shape index (κ3) is 14.7. The standard InChI is InChI=1S/C38H38F4N8O.C29H40BN3O2.CH4.K.H/c1-36(2,3)21-29-18-27-19-31(10-12-34(27)45-29)49-16-14-48(15-17-49)30-8-4-25(5-9-30)26-6-13-35(43-22-26)38(41,42)37(51,23-50-24-44-46-47-50)32-11-7-28(39)20-33(32)40;1-27(2,3)20-23-18-21-19-25(12-13-26(21)31-23)33-16-14-32(15-17-33)24-10-8-22(9-11-24)30-34-28(4,5)29(6,7)35-30;;;/h4-13,19-20,22,24,51H,14-18,21,23H2,1-3H3;8-13,19H,14-18,20H2,1-7H3;1H4;;/q;;;+1;-1/t37-;;;;/m0..../s1. The van der Waals surface area contributed by atoms with E-state index in [1.165, 1.54) is 51.9 Å². The van der Waals surface area contributed by atoms with E-state index in [-0.39, 0.29) is 89.4 Å². The summed E-state index contributed by atoms with van der Waals surface area (Å²) >= 11 is 0. The fraction of sp³-hybridized carbons (Fsp3) is 0.441. The molecule has 7 heterocycles. The van der Waals surface area contributed by atoms with Crippen LogP contribution in [0.4, 0.5) is 51.7 Å². The number of tetrazole rings is 1. The number of piperazine rings is 2. The van der Waals surface area contributed by atoms with Gasteiger partial charge in [-0.25, -0.2) is 13.5 Å². The Morgan fingerprint density at radius 2 is 1.05 bits per heavy atom. The van der Waals surface area contributed by atoms with Gasteiger partial charge in [0, 0.05) is 123 Å². The number of pyridine rings is 1. The Kier molecular flexibility index (Phi) is 19.8. The fourth-order valence-corrected chi connectivity index (χ4v) is 12.1. The molecule has 3 fully saturated rings. The number of aliphatic hydroxyl groups is 1. The van der Waals surface area contributed by atoms with E-state index in [2.05, 4.69) is 170 Å². The maximum Gasteiger partial charge on any atom is 1.00 e. The molecule has 20 heteroatoms. The van der Waals surface area contributed by atoms with Crippen molar-refractivity contribution >= 4 is 58.1 Å². The van der Waals surface area contributed by atoms with Gasteiger partial charge in [0.05, 0.1) is 29.1 Å². The van der Waals surface area contributed by atoms with Crippen LogP contribution in [0.15, 0.2) is 138 Å². The molecule has 12 rings (SSSR count). The monoisotopic (exact) mass is 1230 g/mol. The molecule has 0 saturated carbocycles. The second kappa shape index (κ2) is 26.2. The predicted octanol–water partition coefficient (Wildman–Crippen LogP) is 10.2. The topological polar surface area (TPSA) is 133 Å². The number of aliphatic imine (C=N–C) groups is 2. The quantitative estimate of drug-likeness (QED) is 0.0874. The average Bonchev–Trinajstić information content (AvgIpc) is 2.10. The molecule has 460 valence electrons. The molecule has 88 heavy (non-hydrogen) atoms. The molecule has 1 atom stereocenters. The largest absolute Gasteiger partial charge is 1.00 e. The molecule has 0 unspecified atom stereocenters. The first-order valence-electron chi connectivity index (χ1n) is 29.9. The van der Waals surface area contributed by atoms with Gasteiger partial charge in [-0.1, -0.05) is 79.3 Å². The van der Waals surface area contributed by atoms with E-state index < -0.39 is 41.0 Å². The zero-order valence-electron chi connectivity index (χ0n) is 53.1. The third-order valence-electron chi connectivity index (χ3n) is 17.3. The first kappa shape index (κ1) is 66.6. The molecule has 0 spiro atoms. The van der Waals surface area contributed by atoms with Gasteiger partial charge < -0.3 is 35.4 Å². The Morgan fingerprint density at radius 1 is 0.591 bits per heavy atom. The van der Waals surface area contributed by atoms with Crippen molar-refractivity contribution in [1.82, 2.24) is 25.2 Å². The molecule has 5 aliphatic rings. The number of benzene rings is 5. The first-order valence-corrected chi connectivity index (χ1v) is 29.9. The van der Waals surface area contributed by atoms with Crippen LogP contribution in [-0.4, -0.2) is 112 Å². The molecule has 1 N–H and O–H groups in total. The maximum absolute atomic E-state index is 16.2. The molecule has 0 amide bonds. The predicted molar refractivity (Wildman–Crippen MR) is 343 cm³/mol. The van der Waals surface area contributed by atoms with Crippen molar-refractivity contribution < 1.29 is 84.8 Å². The normalized spacial score (nSPS) is 17.9. The van der Waals surface area contributed by atoms with E-state index >= 15 is 8.78 Å². The summed E-state index contributed by atoms with van der Waals surface area (Å²) in [5.41, 5.74) is 9.78. The van der Waals surface area contributed by atoms with Crippen LogP contribution in [0, 0.1) is 22.5 Å². The van der Waals surface area contributed by atoms with Crippen LogP contribution in [0.1, 0.15) is 113 Å². The minimum absolute atomic E-state index is 0. The van der Waals surface area contributed by atoms with Crippen LogP contribution >= 0.6 is 0 Å². The molecule has 0 radical (unpaired) electrons. The van der Waals surface area contributed by atoms with Crippen molar-refractivity contribution in [3.05, 3.63) is 162 Å². The van der Waals surface area contributed by atoms with Gasteiger partial charge in [0.1, 0.15) is 23.7 Å². The van der Waals surface area contributed by atoms with Crippen molar-refractivity contribution in [3.63, 3.8) is 0 Å². The van der Waals surface area contributed by atoms with Crippen LogP contribution in [-0.2, 0) is 40.2 Å². The number of aromatic nitrogens is 5. The summed E-state index contributed by atoms with van der Waals surface area (Å²) in [5, 5.41) is 21.8. The molecule has 2 aromatic heterocycles. The Morgan fingerprint density at radius 3 is 1.48 bits per heavy atom. The number of hydrogen-bond donors (Lipinski definition) is 1. The van der Waals surface area contributed by atoms with E-state index in [4.69, 9.17) is 19.3 Å². The van der Waals surface area contributed by atoms with Crippen molar-refractivity contribution in [1.29, 1.82) is 0 Å². The Balaban J connectivity index is 0.000000237. The number of fused-ring (bicyclic) bond motifs is 2.